The number of rotatable bonds is 5. The van der Waals surface area contributed by atoms with Crippen molar-refractivity contribution in [1.82, 2.24) is 9.80 Å². The van der Waals surface area contributed by atoms with Crippen molar-refractivity contribution in [2.75, 3.05) is 26.2 Å². The molecule has 1 aromatic carbocycles. The van der Waals surface area contributed by atoms with E-state index in [9.17, 15) is 9.59 Å². The van der Waals surface area contributed by atoms with Gasteiger partial charge in [0.15, 0.2) is 0 Å². The van der Waals surface area contributed by atoms with Gasteiger partial charge >= 0.3 is 0 Å². The molecule has 0 N–H and O–H groups in total. The van der Waals surface area contributed by atoms with Gasteiger partial charge in [0.05, 0.1) is 12.3 Å². The third-order valence-corrected chi connectivity index (χ3v) is 4.56. The van der Waals surface area contributed by atoms with Crippen molar-refractivity contribution < 1.29 is 14.4 Å². The van der Waals surface area contributed by atoms with Crippen LogP contribution in [-0.2, 0) is 20.8 Å². The number of carbonyl (C=O) groups is 2. The van der Waals surface area contributed by atoms with Crippen LogP contribution >= 0.6 is 0 Å². The van der Waals surface area contributed by atoms with E-state index in [2.05, 4.69) is 17.3 Å². The van der Waals surface area contributed by atoms with Gasteiger partial charge in [-0.3, -0.25) is 9.59 Å². The van der Waals surface area contributed by atoms with E-state index >= 15 is 0 Å². The number of benzene rings is 1. The average molecular weight is 329 g/mol. The zero-order valence-electron chi connectivity index (χ0n) is 14.0. The Morgan fingerprint density at radius 1 is 1.29 bits per heavy atom. The number of oxime groups is 1. The van der Waals surface area contributed by atoms with Crippen LogP contribution in [0.2, 0.25) is 0 Å². The van der Waals surface area contributed by atoms with Crippen LogP contribution in [0.1, 0.15) is 25.3 Å². The van der Waals surface area contributed by atoms with Crippen molar-refractivity contribution in [2.45, 2.75) is 32.3 Å². The van der Waals surface area contributed by atoms with E-state index in [1.807, 2.05) is 30.0 Å². The van der Waals surface area contributed by atoms with Gasteiger partial charge < -0.3 is 14.6 Å². The maximum atomic E-state index is 12.5. The molecule has 1 atom stereocenters. The predicted molar refractivity (Wildman–Crippen MR) is 90.5 cm³/mol. The van der Waals surface area contributed by atoms with Crippen molar-refractivity contribution in [2.24, 2.45) is 5.16 Å². The van der Waals surface area contributed by atoms with Crippen LogP contribution in [0, 0.1) is 0 Å². The van der Waals surface area contributed by atoms with E-state index in [4.69, 9.17) is 4.84 Å². The van der Waals surface area contributed by atoms with Gasteiger partial charge in [0.2, 0.25) is 12.0 Å². The second-order valence-electron chi connectivity index (χ2n) is 6.19. The molecule has 0 aliphatic carbocycles. The Hall–Kier alpha value is -2.37. The molecule has 0 bridgehead atoms. The van der Waals surface area contributed by atoms with Crippen molar-refractivity contribution in [3.05, 3.63) is 35.9 Å². The summed E-state index contributed by atoms with van der Waals surface area (Å²) in [5, 5.41) is 3.92. The highest BCUT2D eigenvalue weighted by atomic mass is 16.6. The summed E-state index contributed by atoms with van der Waals surface area (Å²) in [6, 6.07) is 10.1. The third kappa shape index (κ3) is 3.75. The molecule has 6 heteroatoms. The second kappa shape index (κ2) is 7.47. The number of nitrogens with zero attached hydrogens (tertiary/aromatic N) is 3. The molecule has 1 saturated heterocycles. The number of amides is 2. The molecule has 128 valence electrons. The molecule has 3 rings (SSSR count). The van der Waals surface area contributed by atoms with Crippen LogP contribution < -0.4 is 0 Å². The maximum Gasteiger partial charge on any atom is 0.267 e. The summed E-state index contributed by atoms with van der Waals surface area (Å²) in [7, 11) is 0. The summed E-state index contributed by atoms with van der Waals surface area (Å²) >= 11 is 0. The van der Waals surface area contributed by atoms with Gasteiger partial charge in [0.25, 0.3) is 5.91 Å². The summed E-state index contributed by atoms with van der Waals surface area (Å²) in [5.41, 5.74) is 2.12. The minimum Gasteiger partial charge on any atom is -0.382 e. The highest BCUT2D eigenvalue weighted by molar-refractivity contribution is 5.94. The van der Waals surface area contributed by atoms with Gasteiger partial charge in [-0.15, -0.1) is 0 Å². The van der Waals surface area contributed by atoms with Gasteiger partial charge in [-0.2, -0.15) is 0 Å². The summed E-state index contributed by atoms with van der Waals surface area (Å²) in [5.74, 6) is -0.126. The molecule has 2 aliphatic heterocycles. The zero-order chi connectivity index (χ0) is 16.9. The van der Waals surface area contributed by atoms with Crippen molar-refractivity contribution >= 4 is 17.5 Å². The monoisotopic (exact) mass is 329 g/mol. The summed E-state index contributed by atoms with van der Waals surface area (Å²) in [6.07, 6.45) is 1.61. The van der Waals surface area contributed by atoms with Gasteiger partial charge in [-0.05, 0) is 18.4 Å². The largest absolute Gasteiger partial charge is 0.382 e. The van der Waals surface area contributed by atoms with E-state index < -0.39 is 6.10 Å². The Kier molecular flexibility index (Phi) is 5.13. The fourth-order valence-electron chi connectivity index (χ4n) is 3.01. The Morgan fingerprint density at radius 3 is 2.75 bits per heavy atom. The van der Waals surface area contributed by atoms with Gasteiger partial charge in [0, 0.05) is 26.1 Å². The van der Waals surface area contributed by atoms with Crippen LogP contribution in [0.3, 0.4) is 0 Å². The third-order valence-electron chi connectivity index (χ3n) is 4.56. The molecule has 0 aromatic heterocycles. The topological polar surface area (TPSA) is 62.2 Å². The SMILES string of the molecule is CCC1=NOC(C(=O)N2CCN(CCc3ccccc3)C(=O)C2)C1. The molecule has 24 heavy (non-hydrogen) atoms. The summed E-state index contributed by atoms with van der Waals surface area (Å²) in [4.78, 5) is 33.4. The van der Waals surface area contributed by atoms with E-state index in [1.54, 1.807) is 4.90 Å². The van der Waals surface area contributed by atoms with E-state index in [0.717, 1.165) is 18.6 Å². The number of piperazine rings is 1. The first-order chi connectivity index (χ1) is 11.7. The van der Waals surface area contributed by atoms with Gasteiger partial charge in [-0.25, -0.2) is 0 Å². The maximum absolute atomic E-state index is 12.5. The summed E-state index contributed by atoms with van der Waals surface area (Å²) in [6.45, 7) is 3.94. The second-order valence-corrected chi connectivity index (χ2v) is 6.19. The first-order valence-electron chi connectivity index (χ1n) is 8.49. The molecule has 0 radical (unpaired) electrons. The van der Waals surface area contributed by atoms with Crippen LogP contribution in [0.4, 0.5) is 0 Å². The lowest BCUT2D eigenvalue weighted by Crippen LogP contribution is -2.54. The standard InChI is InChI=1S/C18H23N3O3/c1-2-15-12-16(24-19-15)18(23)21-11-10-20(17(22)13-21)9-8-14-6-4-3-5-7-14/h3-7,16H,2,8-13H2,1H3. The first-order valence-corrected chi connectivity index (χ1v) is 8.49. The van der Waals surface area contributed by atoms with Crippen LogP contribution in [-0.4, -0.2) is 59.6 Å². The minimum atomic E-state index is -0.552. The lowest BCUT2D eigenvalue weighted by molar-refractivity contribution is -0.151. The van der Waals surface area contributed by atoms with Gasteiger partial charge in [-0.1, -0.05) is 42.4 Å². The molecule has 1 fully saturated rings. The molecule has 2 amide bonds. The normalized spacial score (nSPS) is 20.8. The molecule has 2 aliphatic rings. The van der Waals surface area contributed by atoms with E-state index in [0.29, 0.717) is 26.1 Å². The van der Waals surface area contributed by atoms with Gasteiger partial charge in [0.1, 0.15) is 0 Å². The number of hydrogen-bond donors (Lipinski definition) is 0. The Labute approximate surface area is 142 Å². The Morgan fingerprint density at radius 2 is 2.08 bits per heavy atom. The number of hydrogen-bond acceptors (Lipinski definition) is 4. The predicted octanol–water partition coefficient (Wildman–Crippen LogP) is 1.45. The van der Waals surface area contributed by atoms with Crippen molar-refractivity contribution in [3.63, 3.8) is 0 Å². The molecule has 2 heterocycles. The molecule has 0 saturated carbocycles. The first kappa shape index (κ1) is 16.5. The highest BCUT2D eigenvalue weighted by Crippen LogP contribution is 2.17. The van der Waals surface area contributed by atoms with Crippen LogP contribution in [0.15, 0.2) is 35.5 Å². The smallest absolute Gasteiger partial charge is 0.267 e. The Bertz CT molecular complexity index is 630. The zero-order valence-corrected chi connectivity index (χ0v) is 14.0. The van der Waals surface area contributed by atoms with Crippen molar-refractivity contribution in [3.8, 4) is 0 Å². The van der Waals surface area contributed by atoms with Crippen molar-refractivity contribution in [1.29, 1.82) is 0 Å². The quantitative estimate of drug-likeness (QED) is 0.821. The fourth-order valence-corrected chi connectivity index (χ4v) is 3.01. The average Bonchev–Trinajstić information content (AvgIpc) is 3.10. The van der Waals surface area contributed by atoms with Crippen LogP contribution in [0.5, 0.6) is 0 Å². The molecule has 1 aromatic rings. The highest BCUT2D eigenvalue weighted by Gasteiger charge is 2.35. The minimum absolute atomic E-state index is 0.000149. The van der Waals surface area contributed by atoms with E-state index in [-0.39, 0.29) is 18.4 Å². The van der Waals surface area contributed by atoms with E-state index in [1.165, 1.54) is 5.56 Å². The number of carbonyl (C=O) groups excluding carboxylic acids is 2. The van der Waals surface area contributed by atoms with Crippen LogP contribution in [0.25, 0.3) is 0 Å². The molecule has 0 spiro atoms. The fraction of sp³-hybridized carbons (Fsp3) is 0.500. The molecular formula is C18H23N3O3. The lowest BCUT2D eigenvalue weighted by Gasteiger charge is -2.35. The molecule has 1 unspecified atom stereocenters. The summed E-state index contributed by atoms with van der Waals surface area (Å²) < 4.78 is 0. The Balaban J connectivity index is 1.48. The molecule has 6 nitrogen and oxygen atoms in total. The molecular weight excluding hydrogens is 306 g/mol. The lowest BCUT2D eigenvalue weighted by atomic mass is 10.1.